The van der Waals surface area contributed by atoms with Crippen molar-refractivity contribution < 1.29 is 0 Å². The van der Waals surface area contributed by atoms with E-state index in [-0.39, 0.29) is 0 Å². The molecule has 1 aromatic carbocycles. The molecule has 1 heterocycles. The molecule has 0 amide bonds. The molecular weight excluding hydrogens is 240 g/mol. The van der Waals surface area contributed by atoms with Crippen LogP contribution in [0.1, 0.15) is 26.7 Å². The van der Waals surface area contributed by atoms with Crippen molar-refractivity contribution in [2.45, 2.75) is 39.3 Å². The van der Waals surface area contributed by atoms with E-state index in [1.807, 2.05) is 11.3 Å². The molecule has 0 spiro atoms. The number of nitrogens with zero attached hydrogens (tertiary/aromatic N) is 1. The van der Waals surface area contributed by atoms with Gasteiger partial charge in [0.15, 0.2) is 0 Å². The summed E-state index contributed by atoms with van der Waals surface area (Å²) in [6.07, 6.45) is 2.32. The van der Waals surface area contributed by atoms with Gasteiger partial charge in [-0.25, -0.2) is 4.98 Å². The lowest BCUT2D eigenvalue weighted by Gasteiger charge is -2.10. The van der Waals surface area contributed by atoms with Crippen LogP contribution in [-0.4, -0.2) is 11.0 Å². The van der Waals surface area contributed by atoms with E-state index in [2.05, 4.69) is 48.4 Å². The minimum Gasteiger partial charge on any atom is -0.308 e. The Balaban J connectivity index is 1.62. The standard InChI is InChI=1S/C15H18N2S/c1-10-15(18-11(2)17-10)9-16-14-7-12-5-3-4-6-13(12)8-14/h3-6,14,16H,7-9H2,1-2H3. The van der Waals surface area contributed by atoms with Gasteiger partial charge in [-0.3, -0.25) is 0 Å². The van der Waals surface area contributed by atoms with Crippen molar-refractivity contribution in [2.24, 2.45) is 0 Å². The maximum Gasteiger partial charge on any atom is 0.0900 e. The molecule has 1 aliphatic rings. The number of rotatable bonds is 3. The van der Waals surface area contributed by atoms with E-state index >= 15 is 0 Å². The van der Waals surface area contributed by atoms with E-state index in [4.69, 9.17) is 0 Å². The Morgan fingerprint density at radius 2 is 1.89 bits per heavy atom. The second-order valence-electron chi connectivity index (χ2n) is 5.00. The number of aromatic nitrogens is 1. The minimum absolute atomic E-state index is 0.587. The predicted octanol–water partition coefficient (Wildman–Crippen LogP) is 3.02. The fraction of sp³-hybridized carbons (Fsp3) is 0.400. The van der Waals surface area contributed by atoms with Gasteiger partial charge in [0, 0.05) is 17.5 Å². The molecular formula is C15H18N2S. The maximum absolute atomic E-state index is 4.47. The molecule has 94 valence electrons. The van der Waals surface area contributed by atoms with Crippen LogP contribution in [0.4, 0.5) is 0 Å². The van der Waals surface area contributed by atoms with Crippen LogP contribution in [0.2, 0.25) is 0 Å². The van der Waals surface area contributed by atoms with Crippen LogP contribution in [0, 0.1) is 13.8 Å². The monoisotopic (exact) mass is 258 g/mol. The van der Waals surface area contributed by atoms with Crippen molar-refractivity contribution in [3.63, 3.8) is 0 Å². The van der Waals surface area contributed by atoms with Crippen LogP contribution in [0.3, 0.4) is 0 Å². The van der Waals surface area contributed by atoms with Gasteiger partial charge in [0.05, 0.1) is 10.7 Å². The van der Waals surface area contributed by atoms with E-state index < -0.39 is 0 Å². The quantitative estimate of drug-likeness (QED) is 0.915. The lowest BCUT2D eigenvalue weighted by atomic mass is 10.1. The van der Waals surface area contributed by atoms with Gasteiger partial charge in [0.2, 0.25) is 0 Å². The van der Waals surface area contributed by atoms with Gasteiger partial charge in [0.25, 0.3) is 0 Å². The molecule has 1 N–H and O–H groups in total. The van der Waals surface area contributed by atoms with Crippen molar-refractivity contribution in [3.8, 4) is 0 Å². The van der Waals surface area contributed by atoms with E-state index in [0.29, 0.717) is 6.04 Å². The van der Waals surface area contributed by atoms with Gasteiger partial charge in [-0.15, -0.1) is 11.3 Å². The number of hydrogen-bond donors (Lipinski definition) is 1. The van der Waals surface area contributed by atoms with Gasteiger partial charge in [-0.05, 0) is 37.8 Å². The zero-order valence-corrected chi connectivity index (χ0v) is 11.7. The Morgan fingerprint density at radius 1 is 1.22 bits per heavy atom. The summed E-state index contributed by atoms with van der Waals surface area (Å²) in [5, 5.41) is 4.84. The summed E-state index contributed by atoms with van der Waals surface area (Å²) < 4.78 is 0. The van der Waals surface area contributed by atoms with Crippen LogP contribution >= 0.6 is 11.3 Å². The summed E-state index contributed by atoms with van der Waals surface area (Å²) >= 11 is 1.81. The van der Waals surface area contributed by atoms with Gasteiger partial charge in [-0.1, -0.05) is 24.3 Å². The fourth-order valence-electron chi connectivity index (χ4n) is 2.68. The summed E-state index contributed by atoms with van der Waals surface area (Å²) in [7, 11) is 0. The molecule has 18 heavy (non-hydrogen) atoms. The fourth-order valence-corrected chi connectivity index (χ4v) is 3.57. The highest BCUT2D eigenvalue weighted by molar-refractivity contribution is 7.11. The second-order valence-corrected chi connectivity index (χ2v) is 6.28. The van der Waals surface area contributed by atoms with Crippen LogP contribution in [0.25, 0.3) is 0 Å². The van der Waals surface area contributed by atoms with Gasteiger partial charge < -0.3 is 5.32 Å². The molecule has 3 rings (SSSR count). The molecule has 0 fully saturated rings. The predicted molar refractivity (Wildman–Crippen MR) is 76.1 cm³/mol. The first-order valence-corrected chi connectivity index (χ1v) is 7.27. The molecule has 0 aliphatic heterocycles. The van der Waals surface area contributed by atoms with Crippen molar-refractivity contribution in [2.75, 3.05) is 0 Å². The molecule has 1 aliphatic carbocycles. The molecule has 0 radical (unpaired) electrons. The average molecular weight is 258 g/mol. The van der Waals surface area contributed by atoms with Gasteiger partial charge >= 0.3 is 0 Å². The zero-order valence-electron chi connectivity index (χ0n) is 10.9. The number of nitrogens with one attached hydrogen (secondary N) is 1. The first-order valence-electron chi connectivity index (χ1n) is 6.45. The Bertz CT molecular complexity index is 534. The highest BCUT2D eigenvalue weighted by atomic mass is 32.1. The number of thiazole rings is 1. The number of hydrogen-bond acceptors (Lipinski definition) is 3. The van der Waals surface area contributed by atoms with Crippen molar-refractivity contribution in [3.05, 3.63) is 51.0 Å². The summed E-state index contributed by atoms with van der Waals surface area (Å²) in [5.41, 5.74) is 4.19. The summed E-state index contributed by atoms with van der Waals surface area (Å²) in [4.78, 5) is 5.85. The number of fused-ring (bicyclic) bond motifs is 1. The Hall–Kier alpha value is -1.19. The average Bonchev–Trinajstić information content (AvgIpc) is 2.89. The van der Waals surface area contributed by atoms with E-state index in [0.717, 1.165) is 19.4 Å². The van der Waals surface area contributed by atoms with Crippen molar-refractivity contribution in [1.82, 2.24) is 10.3 Å². The van der Waals surface area contributed by atoms with E-state index in [1.165, 1.54) is 26.7 Å². The van der Waals surface area contributed by atoms with Crippen LogP contribution in [0.15, 0.2) is 24.3 Å². The number of benzene rings is 1. The minimum atomic E-state index is 0.587. The smallest absolute Gasteiger partial charge is 0.0900 e. The lowest BCUT2D eigenvalue weighted by Crippen LogP contribution is -2.28. The van der Waals surface area contributed by atoms with E-state index in [9.17, 15) is 0 Å². The molecule has 0 saturated heterocycles. The summed E-state index contributed by atoms with van der Waals surface area (Å²) in [6.45, 7) is 5.13. The highest BCUT2D eigenvalue weighted by Crippen LogP contribution is 2.23. The molecule has 3 heteroatoms. The highest BCUT2D eigenvalue weighted by Gasteiger charge is 2.20. The normalized spacial score (nSPS) is 15.0. The third-order valence-electron chi connectivity index (χ3n) is 3.60. The first-order chi connectivity index (χ1) is 8.72. The maximum atomic E-state index is 4.47. The first kappa shape index (κ1) is 11.9. The number of aryl methyl sites for hydroxylation is 2. The largest absolute Gasteiger partial charge is 0.308 e. The second kappa shape index (κ2) is 4.82. The lowest BCUT2D eigenvalue weighted by molar-refractivity contribution is 0.535. The Kier molecular flexibility index (Phi) is 3.18. The van der Waals surface area contributed by atoms with Crippen LogP contribution in [-0.2, 0) is 19.4 Å². The third-order valence-corrected chi connectivity index (χ3v) is 4.67. The third kappa shape index (κ3) is 2.33. The van der Waals surface area contributed by atoms with E-state index in [1.54, 1.807) is 0 Å². The van der Waals surface area contributed by atoms with Crippen LogP contribution < -0.4 is 5.32 Å². The Labute approximate surface area is 112 Å². The van der Waals surface area contributed by atoms with Gasteiger partial charge in [0.1, 0.15) is 0 Å². The summed E-state index contributed by atoms with van der Waals surface area (Å²) in [6, 6.07) is 9.36. The van der Waals surface area contributed by atoms with Crippen molar-refractivity contribution >= 4 is 11.3 Å². The molecule has 0 atom stereocenters. The molecule has 0 unspecified atom stereocenters. The SMILES string of the molecule is Cc1nc(C)c(CNC2Cc3ccccc3C2)s1. The zero-order chi connectivity index (χ0) is 12.5. The molecule has 2 nitrogen and oxygen atoms in total. The van der Waals surface area contributed by atoms with Crippen LogP contribution in [0.5, 0.6) is 0 Å². The molecule has 2 aromatic rings. The van der Waals surface area contributed by atoms with Gasteiger partial charge in [-0.2, -0.15) is 0 Å². The molecule has 0 saturated carbocycles. The molecule has 1 aromatic heterocycles. The Morgan fingerprint density at radius 3 is 2.44 bits per heavy atom. The van der Waals surface area contributed by atoms with Crippen molar-refractivity contribution in [1.29, 1.82) is 0 Å². The summed E-state index contributed by atoms with van der Waals surface area (Å²) in [5.74, 6) is 0. The molecule has 0 bridgehead atoms. The topological polar surface area (TPSA) is 24.9 Å².